The molecule has 2 fully saturated rings. The average molecular weight is 474 g/mol. The Morgan fingerprint density at radius 3 is 2.28 bits per heavy atom. The fraction of sp³-hybridized carbons (Fsp3) is 0.958. The molecule has 7 nitrogen and oxygen atoms in total. The number of hydrogen-bond donors (Lipinski definition) is 3. The van der Waals surface area contributed by atoms with Gasteiger partial charge in [-0.25, -0.2) is 0 Å². The van der Waals surface area contributed by atoms with Crippen LogP contribution in [0.5, 0.6) is 0 Å². The Labute approximate surface area is 195 Å². The van der Waals surface area contributed by atoms with Crippen molar-refractivity contribution in [3.05, 3.63) is 0 Å². The largest absolute Gasteiger partial charge is 0.414 e. The van der Waals surface area contributed by atoms with Gasteiger partial charge in [-0.3, -0.25) is 4.79 Å². The lowest BCUT2D eigenvalue weighted by molar-refractivity contribution is -0.144. The van der Waals surface area contributed by atoms with Crippen LogP contribution in [0.4, 0.5) is 0 Å². The molecule has 188 valence electrons. The van der Waals surface area contributed by atoms with Gasteiger partial charge in [-0.1, -0.05) is 27.7 Å². The zero-order valence-corrected chi connectivity index (χ0v) is 22.0. The van der Waals surface area contributed by atoms with Gasteiger partial charge in [-0.2, -0.15) is 0 Å². The summed E-state index contributed by atoms with van der Waals surface area (Å²) in [6.45, 7) is 15.1. The molecule has 2 rings (SSSR count). The highest BCUT2D eigenvalue weighted by molar-refractivity contribution is 6.74. The van der Waals surface area contributed by atoms with Crippen LogP contribution < -0.4 is 0 Å². The highest BCUT2D eigenvalue weighted by Gasteiger charge is 2.41. The Balaban J connectivity index is 1.64. The maximum absolute atomic E-state index is 12.6. The summed E-state index contributed by atoms with van der Waals surface area (Å²) in [5.41, 5.74) is 0. The van der Waals surface area contributed by atoms with Crippen molar-refractivity contribution in [2.75, 3.05) is 26.3 Å². The van der Waals surface area contributed by atoms with Crippen LogP contribution in [0.2, 0.25) is 18.1 Å². The van der Waals surface area contributed by atoms with E-state index in [2.05, 4.69) is 33.9 Å². The Hall–Kier alpha value is -0.513. The number of carbonyl (C=O) groups is 1. The predicted molar refractivity (Wildman–Crippen MR) is 128 cm³/mol. The number of rotatable bonds is 9. The molecule has 1 saturated carbocycles. The molecule has 2 aliphatic rings. The Bertz CT molecular complexity index is 586. The van der Waals surface area contributed by atoms with Crippen LogP contribution >= 0.6 is 0 Å². The average Bonchev–Trinajstić information content (AvgIpc) is 2.72. The highest BCUT2D eigenvalue weighted by Crippen LogP contribution is 2.38. The van der Waals surface area contributed by atoms with E-state index in [9.17, 15) is 20.1 Å². The molecule has 3 N–H and O–H groups in total. The van der Waals surface area contributed by atoms with Crippen molar-refractivity contribution in [2.45, 2.75) is 109 Å². The molecule has 0 bridgehead atoms. The summed E-state index contributed by atoms with van der Waals surface area (Å²) in [6.07, 6.45) is 2.77. The molecule has 0 aromatic heterocycles. The monoisotopic (exact) mass is 473 g/mol. The molecular formula is C24H47NO6Si. The topological polar surface area (TPSA) is 99.5 Å². The fourth-order valence-corrected chi connectivity index (χ4v) is 5.87. The van der Waals surface area contributed by atoms with Gasteiger partial charge >= 0.3 is 0 Å². The quantitative estimate of drug-likeness (QED) is 0.352. The molecule has 1 heterocycles. The second-order valence-electron chi connectivity index (χ2n) is 11.3. The van der Waals surface area contributed by atoms with Crippen LogP contribution in [-0.2, 0) is 14.0 Å². The summed E-state index contributed by atoms with van der Waals surface area (Å²) in [6, 6.07) is 0. The van der Waals surface area contributed by atoms with Crippen LogP contribution in [0.1, 0.15) is 66.2 Å². The molecule has 8 heteroatoms. The first-order chi connectivity index (χ1) is 14.9. The number of carbonyl (C=O) groups excluding carboxylic acids is 1. The minimum absolute atomic E-state index is 0.156. The first kappa shape index (κ1) is 27.7. The fourth-order valence-electron chi connectivity index (χ4n) is 4.45. The second kappa shape index (κ2) is 11.8. The van der Waals surface area contributed by atoms with Crippen LogP contribution in [0.3, 0.4) is 0 Å². The third-order valence-electron chi connectivity index (χ3n) is 7.91. The number of hydrogen-bond acceptors (Lipinski definition) is 6. The van der Waals surface area contributed by atoms with Crippen LogP contribution in [0.15, 0.2) is 0 Å². The van der Waals surface area contributed by atoms with E-state index in [1.54, 1.807) is 0 Å². The van der Waals surface area contributed by atoms with Gasteiger partial charge in [-0.15, -0.1) is 0 Å². The van der Waals surface area contributed by atoms with Crippen molar-refractivity contribution in [3.63, 3.8) is 0 Å². The molecule has 32 heavy (non-hydrogen) atoms. The van der Waals surface area contributed by atoms with E-state index in [1.165, 1.54) is 0 Å². The molecule has 0 radical (unpaired) electrons. The van der Waals surface area contributed by atoms with Crippen LogP contribution in [0, 0.1) is 11.8 Å². The van der Waals surface area contributed by atoms with Gasteiger partial charge in [0, 0.05) is 50.7 Å². The first-order valence-electron chi connectivity index (χ1n) is 12.4. The van der Waals surface area contributed by atoms with E-state index >= 15 is 0 Å². The molecule has 0 aromatic carbocycles. The van der Waals surface area contributed by atoms with Crippen LogP contribution in [0.25, 0.3) is 0 Å². The summed E-state index contributed by atoms with van der Waals surface area (Å²) < 4.78 is 12.5. The Kier molecular flexibility index (Phi) is 10.2. The number of piperidine rings is 1. The summed E-state index contributed by atoms with van der Waals surface area (Å²) in [4.78, 5) is 14.6. The number of aliphatic hydroxyl groups is 3. The van der Waals surface area contributed by atoms with E-state index in [0.717, 1.165) is 38.8 Å². The van der Waals surface area contributed by atoms with Gasteiger partial charge in [0.1, 0.15) is 0 Å². The zero-order chi connectivity index (χ0) is 24.1. The third-order valence-corrected chi connectivity index (χ3v) is 12.4. The number of ether oxygens (including phenoxy) is 1. The lowest BCUT2D eigenvalue weighted by Crippen LogP contribution is -2.50. The minimum atomic E-state index is -1.77. The maximum Gasteiger partial charge on any atom is 0.222 e. The maximum atomic E-state index is 12.6. The molecule has 1 aliphatic heterocycles. The number of nitrogens with zero attached hydrogens (tertiary/aromatic N) is 1. The van der Waals surface area contributed by atoms with Gasteiger partial charge < -0.3 is 29.4 Å². The lowest BCUT2D eigenvalue weighted by atomic mass is 9.77. The summed E-state index contributed by atoms with van der Waals surface area (Å²) in [5.74, 6) is -0.318. The Morgan fingerprint density at radius 1 is 1.09 bits per heavy atom. The zero-order valence-electron chi connectivity index (χ0n) is 21.0. The van der Waals surface area contributed by atoms with Gasteiger partial charge in [-0.05, 0) is 50.2 Å². The Morgan fingerprint density at radius 2 is 1.72 bits per heavy atom. The number of likely N-dealkylation sites (tertiary alicyclic amines) is 1. The normalized spacial score (nSPS) is 30.5. The van der Waals surface area contributed by atoms with Gasteiger partial charge in [0.25, 0.3) is 0 Å². The molecule has 2 unspecified atom stereocenters. The van der Waals surface area contributed by atoms with Crippen molar-refractivity contribution < 1.29 is 29.3 Å². The lowest BCUT2D eigenvalue weighted by Gasteiger charge is -2.42. The summed E-state index contributed by atoms with van der Waals surface area (Å²) in [7, 11) is -1.77. The number of aliphatic hydroxyl groups excluding tert-OH is 3. The van der Waals surface area contributed by atoms with Crippen molar-refractivity contribution >= 4 is 14.2 Å². The standard InChI is InChI=1S/C24H47NO6Si/c1-17-20(15-18(16-26)23(29)22(17)28)30-14-8-7-9-21(27)25-12-10-19(11-13-25)31-32(5,6)24(2,3)4/h17-20,22-23,26,28-29H,7-16H2,1-6H3/t17?,18?,20-,22-,23+/m1/s1. The molecule has 5 atom stereocenters. The predicted octanol–water partition coefficient (Wildman–Crippen LogP) is 2.92. The van der Waals surface area contributed by atoms with Gasteiger partial charge in [0.05, 0.1) is 18.3 Å². The van der Waals surface area contributed by atoms with E-state index in [1.807, 2.05) is 11.8 Å². The smallest absolute Gasteiger partial charge is 0.222 e. The second-order valence-corrected chi connectivity index (χ2v) is 16.1. The van der Waals surface area contributed by atoms with Crippen molar-refractivity contribution in [1.82, 2.24) is 4.90 Å². The first-order valence-corrected chi connectivity index (χ1v) is 15.3. The summed E-state index contributed by atoms with van der Waals surface area (Å²) in [5, 5.41) is 29.8. The van der Waals surface area contributed by atoms with Crippen molar-refractivity contribution in [3.8, 4) is 0 Å². The molecule has 1 aliphatic carbocycles. The van der Waals surface area contributed by atoms with Gasteiger partial charge in [0.2, 0.25) is 5.91 Å². The minimum Gasteiger partial charge on any atom is -0.414 e. The molecule has 1 saturated heterocycles. The highest BCUT2D eigenvalue weighted by atomic mass is 28.4. The summed E-state index contributed by atoms with van der Waals surface area (Å²) >= 11 is 0. The molecular weight excluding hydrogens is 426 g/mol. The van der Waals surface area contributed by atoms with Gasteiger partial charge in [0.15, 0.2) is 8.32 Å². The van der Waals surface area contributed by atoms with Crippen LogP contribution in [-0.4, -0.2) is 85.2 Å². The number of amides is 1. The molecule has 0 spiro atoms. The van der Waals surface area contributed by atoms with Crippen molar-refractivity contribution in [2.24, 2.45) is 11.8 Å². The van der Waals surface area contributed by atoms with E-state index in [4.69, 9.17) is 9.16 Å². The van der Waals surface area contributed by atoms with E-state index < -0.39 is 20.5 Å². The SMILES string of the molecule is CC1[C@@H](O)[C@@H](O)C(CO)C[C@H]1OCCCCC(=O)N1CCC(O[Si](C)(C)C(C)(C)C)CC1. The van der Waals surface area contributed by atoms with E-state index in [-0.39, 0.29) is 41.6 Å². The molecule has 1 amide bonds. The van der Waals surface area contributed by atoms with E-state index in [0.29, 0.717) is 19.4 Å². The van der Waals surface area contributed by atoms with Crippen molar-refractivity contribution in [1.29, 1.82) is 0 Å². The molecule has 0 aromatic rings. The third kappa shape index (κ3) is 7.24. The number of unbranched alkanes of at least 4 members (excludes halogenated alkanes) is 1.